The molecule has 0 aliphatic heterocycles. The Kier molecular flexibility index (Phi) is 8.17. The minimum Gasteiger partial charge on any atom is -0.480 e. The lowest BCUT2D eigenvalue weighted by Gasteiger charge is -2.25. The topological polar surface area (TPSA) is 162 Å². The molecular weight excluding hydrogens is 342 g/mol. The first-order valence-electron chi connectivity index (χ1n) is 8.12. The Balaban J connectivity index is 2.83. The molecule has 1 rings (SSSR count). The van der Waals surface area contributed by atoms with Crippen molar-refractivity contribution in [2.75, 3.05) is 0 Å². The molecule has 7 N–H and O–H groups in total. The van der Waals surface area contributed by atoms with Crippen molar-refractivity contribution in [3.05, 3.63) is 35.9 Å². The maximum atomic E-state index is 12.4. The summed E-state index contributed by atoms with van der Waals surface area (Å²) < 4.78 is 0. The number of amides is 2. The molecular formula is C17H25N3O6. The van der Waals surface area contributed by atoms with Crippen molar-refractivity contribution in [1.82, 2.24) is 10.6 Å². The van der Waals surface area contributed by atoms with Gasteiger partial charge in [-0.1, -0.05) is 30.3 Å². The number of aliphatic hydroxyl groups is 2. The van der Waals surface area contributed by atoms with E-state index in [1.54, 1.807) is 30.3 Å². The zero-order valence-corrected chi connectivity index (χ0v) is 14.6. The predicted octanol–water partition coefficient (Wildman–Crippen LogP) is -1.63. The Labute approximate surface area is 151 Å². The lowest BCUT2D eigenvalue weighted by molar-refractivity contribution is -0.143. The number of hydrogen-bond acceptors (Lipinski definition) is 6. The largest absolute Gasteiger partial charge is 0.480 e. The van der Waals surface area contributed by atoms with Gasteiger partial charge in [0, 0.05) is 6.42 Å². The van der Waals surface area contributed by atoms with E-state index in [1.807, 2.05) is 0 Å². The van der Waals surface area contributed by atoms with E-state index < -0.39 is 48.1 Å². The van der Waals surface area contributed by atoms with Crippen LogP contribution in [0.2, 0.25) is 0 Å². The Bertz CT molecular complexity index is 620. The van der Waals surface area contributed by atoms with Crippen LogP contribution in [-0.2, 0) is 20.8 Å². The van der Waals surface area contributed by atoms with Gasteiger partial charge < -0.3 is 31.7 Å². The van der Waals surface area contributed by atoms with Crippen molar-refractivity contribution in [2.45, 2.75) is 50.6 Å². The molecule has 0 heterocycles. The van der Waals surface area contributed by atoms with Crippen LogP contribution in [0.5, 0.6) is 0 Å². The second kappa shape index (κ2) is 9.85. The van der Waals surface area contributed by atoms with Gasteiger partial charge >= 0.3 is 5.97 Å². The molecule has 9 heteroatoms. The molecule has 9 nitrogen and oxygen atoms in total. The third-order valence-corrected chi connectivity index (χ3v) is 3.78. The molecule has 0 saturated carbocycles. The van der Waals surface area contributed by atoms with E-state index in [0.717, 1.165) is 0 Å². The van der Waals surface area contributed by atoms with E-state index in [1.165, 1.54) is 13.8 Å². The number of benzene rings is 1. The van der Waals surface area contributed by atoms with Crippen LogP contribution in [0.25, 0.3) is 0 Å². The highest BCUT2D eigenvalue weighted by molar-refractivity contribution is 5.92. The Morgan fingerprint density at radius 3 is 2.04 bits per heavy atom. The fraction of sp³-hybridized carbons (Fsp3) is 0.471. The third-order valence-electron chi connectivity index (χ3n) is 3.78. The maximum absolute atomic E-state index is 12.4. The molecule has 0 bridgehead atoms. The summed E-state index contributed by atoms with van der Waals surface area (Å²) in [4.78, 5) is 35.7. The zero-order chi connectivity index (χ0) is 19.9. The highest BCUT2D eigenvalue weighted by Crippen LogP contribution is 2.05. The average molecular weight is 367 g/mol. The summed E-state index contributed by atoms with van der Waals surface area (Å²) in [6.07, 6.45) is -2.42. The molecule has 0 aliphatic carbocycles. The highest BCUT2D eigenvalue weighted by Gasteiger charge is 2.31. The van der Waals surface area contributed by atoms with Crippen molar-refractivity contribution in [3.63, 3.8) is 0 Å². The molecule has 0 radical (unpaired) electrons. The van der Waals surface area contributed by atoms with Crippen LogP contribution in [0, 0.1) is 0 Å². The van der Waals surface area contributed by atoms with Gasteiger partial charge in [-0.25, -0.2) is 4.79 Å². The molecule has 5 atom stereocenters. The van der Waals surface area contributed by atoms with Crippen molar-refractivity contribution in [3.8, 4) is 0 Å². The van der Waals surface area contributed by atoms with Gasteiger partial charge in [0.15, 0.2) is 0 Å². The average Bonchev–Trinajstić information content (AvgIpc) is 2.58. The van der Waals surface area contributed by atoms with Crippen LogP contribution < -0.4 is 16.4 Å². The van der Waals surface area contributed by atoms with Gasteiger partial charge in [-0.05, 0) is 19.4 Å². The summed E-state index contributed by atoms with van der Waals surface area (Å²) in [6, 6.07) is 4.76. The van der Waals surface area contributed by atoms with Crippen LogP contribution in [0.3, 0.4) is 0 Å². The molecule has 0 unspecified atom stereocenters. The first-order chi connectivity index (χ1) is 12.1. The van der Waals surface area contributed by atoms with Gasteiger partial charge in [0.2, 0.25) is 11.8 Å². The lowest BCUT2D eigenvalue weighted by atomic mass is 10.0. The van der Waals surface area contributed by atoms with E-state index in [2.05, 4.69) is 10.6 Å². The smallest absolute Gasteiger partial charge is 0.326 e. The normalized spacial score (nSPS) is 16.7. The van der Waals surface area contributed by atoms with Crippen LogP contribution in [-0.4, -0.2) is 63.4 Å². The SMILES string of the molecule is C[C@@H](O)[C@H](N)C(=O)N[C@H](C(=O)N[C@@H](Cc1ccccc1)C(=O)O)[C@@H](C)O. The molecule has 26 heavy (non-hydrogen) atoms. The van der Waals surface area contributed by atoms with E-state index in [-0.39, 0.29) is 6.42 Å². The summed E-state index contributed by atoms with van der Waals surface area (Å²) in [6.45, 7) is 2.58. The maximum Gasteiger partial charge on any atom is 0.326 e. The first-order valence-corrected chi connectivity index (χ1v) is 8.12. The number of carbonyl (C=O) groups is 3. The van der Waals surface area contributed by atoms with E-state index in [4.69, 9.17) is 5.73 Å². The summed E-state index contributed by atoms with van der Waals surface area (Å²) in [5.41, 5.74) is 6.19. The van der Waals surface area contributed by atoms with Crippen molar-refractivity contribution < 1.29 is 29.7 Å². The molecule has 0 fully saturated rings. The summed E-state index contributed by atoms with van der Waals surface area (Å²) >= 11 is 0. The number of rotatable bonds is 9. The second-order valence-corrected chi connectivity index (χ2v) is 6.08. The molecule has 1 aromatic carbocycles. The number of nitrogens with two attached hydrogens (primary N) is 1. The van der Waals surface area contributed by atoms with Crippen molar-refractivity contribution in [2.24, 2.45) is 5.73 Å². The van der Waals surface area contributed by atoms with Crippen LogP contribution in [0.15, 0.2) is 30.3 Å². The van der Waals surface area contributed by atoms with Crippen molar-refractivity contribution in [1.29, 1.82) is 0 Å². The number of aliphatic hydroxyl groups excluding tert-OH is 2. The van der Waals surface area contributed by atoms with Crippen molar-refractivity contribution >= 4 is 17.8 Å². The zero-order valence-electron chi connectivity index (χ0n) is 14.6. The second-order valence-electron chi connectivity index (χ2n) is 6.08. The van der Waals surface area contributed by atoms with Gasteiger partial charge in [0.05, 0.1) is 12.2 Å². The highest BCUT2D eigenvalue weighted by atomic mass is 16.4. The van der Waals surface area contributed by atoms with Crippen LogP contribution >= 0.6 is 0 Å². The van der Waals surface area contributed by atoms with E-state index in [0.29, 0.717) is 5.56 Å². The third kappa shape index (κ3) is 6.43. The quantitative estimate of drug-likeness (QED) is 0.305. The predicted molar refractivity (Wildman–Crippen MR) is 93.0 cm³/mol. The summed E-state index contributed by atoms with van der Waals surface area (Å²) in [5, 5.41) is 33.0. The Hall–Kier alpha value is -2.49. The molecule has 144 valence electrons. The minimum atomic E-state index is -1.41. The minimum absolute atomic E-state index is 0.0373. The lowest BCUT2D eigenvalue weighted by Crippen LogP contribution is -2.59. The molecule has 0 aliphatic rings. The number of aliphatic carboxylic acids is 1. The standard InChI is InChI=1S/C17H25N3O6/c1-9(21)13(18)15(23)20-14(10(2)22)16(24)19-12(17(25)26)8-11-6-4-3-5-7-11/h3-7,9-10,12-14,21-22H,8,18H2,1-2H3,(H,19,24)(H,20,23)(H,25,26)/t9-,10-,12+,13+,14+/m1/s1. The van der Waals surface area contributed by atoms with Gasteiger partial charge in [0.25, 0.3) is 0 Å². The van der Waals surface area contributed by atoms with E-state index >= 15 is 0 Å². The first kappa shape index (κ1) is 21.6. The molecule has 0 spiro atoms. The molecule has 0 aromatic heterocycles. The van der Waals surface area contributed by atoms with Gasteiger partial charge in [0.1, 0.15) is 18.1 Å². The number of carboxylic acids is 1. The molecule has 0 saturated heterocycles. The molecule has 2 amide bonds. The van der Waals surface area contributed by atoms with Crippen LogP contribution in [0.4, 0.5) is 0 Å². The molecule has 1 aromatic rings. The van der Waals surface area contributed by atoms with Gasteiger partial charge in [-0.2, -0.15) is 0 Å². The van der Waals surface area contributed by atoms with E-state index in [9.17, 15) is 29.7 Å². The van der Waals surface area contributed by atoms with Gasteiger partial charge in [-0.15, -0.1) is 0 Å². The monoisotopic (exact) mass is 367 g/mol. The summed E-state index contributed by atoms with van der Waals surface area (Å²) in [7, 11) is 0. The fourth-order valence-corrected chi connectivity index (χ4v) is 2.19. The van der Waals surface area contributed by atoms with Gasteiger partial charge in [-0.3, -0.25) is 9.59 Å². The van der Waals surface area contributed by atoms with Crippen LogP contribution in [0.1, 0.15) is 19.4 Å². The fourth-order valence-electron chi connectivity index (χ4n) is 2.19. The number of carbonyl (C=O) groups excluding carboxylic acids is 2. The number of carboxylic acid groups (broad SMARTS) is 1. The number of hydrogen-bond donors (Lipinski definition) is 6. The Morgan fingerprint density at radius 2 is 1.58 bits per heavy atom. The summed E-state index contributed by atoms with van der Waals surface area (Å²) in [5.74, 6) is -2.95. The number of nitrogens with one attached hydrogen (secondary N) is 2. The Morgan fingerprint density at radius 1 is 1.00 bits per heavy atom.